The van der Waals surface area contributed by atoms with Crippen molar-refractivity contribution in [2.75, 3.05) is 16.4 Å². The van der Waals surface area contributed by atoms with E-state index < -0.39 is 46.6 Å². The normalized spacial score (nSPS) is 23.7. The van der Waals surface area contributed by atoms with E-state index in [0.29, 0.717) is 5.56 Å². The smallest absolute Gasteiger partial charge is 0.329 e. The molecule has 2 saturated heterocycles. The number of anilines is 2. The predicted octanol–water partition coefficient (Wildman–Crippen LogP) is 4.01. The van der Waals surface area contributed by atoms with Gasteiger partial charge in [0.15, 0.2) is 0 Å². The zero-order chi connectivity index (χ0) is 26.0. The van der Waals surface area contributed by atoms with E-state index in [4.69, 9.17) is 4.74 Å². The first kappa shape index (κ1) is 22.9. The van der Waals surface area contributed by atoms with Crippen LogP contribution < -0.4 is 9.80 Å². The van der Waals surface area contributed by atoms with Gasteiger partial charge in [-0.15, -0.1) is 0 Å². The molecular formula is C28H23N3O6. The SMILES string of the molecule is CCOC(=O)C1C2C(=O)N(c3cc([N+](=O)[O-])ccc3C)C(=O)C2C2C=Cc3c(ccc4ccccc34)N21. The summed E-state index contributed by atoms with van der Waals surface area (Å²) in [5.74, 6) is -3.43. The summed E-state index contributed by atoms with van der Waals surface area (Å²) in [7, 11) is 0. The van der Waals surface area contributed by atoms with Crippen LogP contribution in [0.25, 0.3) is 16.8 Å². The molecule has 0 spiro atoms. The number of nitro groups is 1. The van der Waals surface area contributed by atoms with Crippen molar-refractivity contribution in [2.24, 2.45) is 11.8 Å². The Bertz CT molecular complexity index is 1550. The number of non-ortho nitro benzene ring substituents is 1. The molecule has 0 aromatic heterocycles. The number of fused-ring (bicyclic) bond motifs is 7. The number of amides is 2. The van der Waals surface area contributed by atoms with Crippen molar-refractivity contribution < 1.29 is 24.0 Å². The largest absolute Gasteiger partial charge is 0.464 e. The molecule has 3 aliphatic heterocycles. The van der Waals surface area contributed by atoms with E-state index in [1.165, 1.54) is 18.2 Å². The summed E-state index contributed by atoms with van der Waals surface area (Å²) >= 11 is 0. The van der Waals surface area contributed by atoms with Crippen LogP contribution in [0, 0.1) is 28.9 Å². The number of nitro benzene ring substituents is 1. The second kappa shape index (κ2) is 8.26. The van der Waals surface area contributed by atoms with Crippen LogP contribution in [0.3, 0.4) is 0 Å². The van der Waals surface area contributed by atoms with Gasteiger partial charge in [-0.25, -0.2) is 9.69 Å². The van der Waals surface area contributed by atoms with Crippen LogP contribution in [-0.4, -0.2) is 41.4 Å². The predicted molar refractivity (Wildman–Crippen MR) is 137 cm³/mol. The molecule has 0 N–H and O–H groups in total. The maximum absolute atomic E-state index is 13.9. The summed E-state index contributed by atoms with van der Waals surface area (Å²) in [6.07, 6.45) is 3.82. The minimum absolute atomic E-state index is 0.126. The minimum atomic E-state index is -1.01. The lowest BCUT2D eigenvalue weighted by Gasteiger charge is -2.36. The number of benzene rings is 3. The second-order valence-electron chi connectivity index (χ2n) is 9.46. The number of hydrogen-bond acceptors (Lipinski definition) is 7. The van der Waals surface area contributed by atoms with Crippen LogP contribution in [0.2, 0.25) is 0 Å². The van der Waals surface area contributed by atoms with E-state index in [0.717, 1.165) is 26.9 Å². The molecule has 0 saturated carbocycles. The van der Waals surface area contributed by atoms with Gasteiger partial charge in [0, 0.05) is 23.4 Å². The van der Waals surface area contributed by atoms with E-state index in [1.54, 1.807) is 13.8 Å². The number of nitrogens with zero attached hydrogens (tertiary/aromatic N) is 3. The molecule has 4 unspecified atom stereocenters. The summed E-state index contributed by atoms with van der Waals surface area (Å²) in [5, 5.41) is 13.4. The number of imide groups is 1. The van der Waals surface area contributed by atoms with Gasteiger partial charge in [0.2, 0.25) is 11.8 Å². The number of hydrogen-bond donors (Lipinski definition) is 0. The molecular weight excluding hydrogens is 474 g/mol. The molecule has 3 aromatic rings. The Morgan fingerprint density at radius 2 is 1.78 bits per heavy atom. The van der Waals surface area contributed by atoms with Gasteiger partial charge in [0.1, 0.15) is 6.04 Å². The number of carbonyl (C=O) groups excluding carboxylic acids is 3. The van der Waals surface area contributed by atoms with E-state index >= 15 is 0 Å². The second-order valence-corrected chi connectivity index (χ2v) is 9.46. The molecule has 2 amide bonds. The van der Waals surface area contributed by atoms with Gasteiger partial charge in [-0.3, -0.25) is 19.7 Å². The molecule has 3 heterocycles. The number of aryl methyl sites for hydroxylation is 1. The quantitative estimate of drug-likeness (QED) is 0.232. The van der Waals surface area contributed by atoms with Gasteiger partial charge in [0.05, 0.1) is 35.1 Å². The first-order valence-corrected chi connectivity index (χ1v) is 12.1. The Kier molecular flexibility index (Phi) is 5.11. The first-order chi connectivity index (χ1) is 17.8. The fraction of sp³-hybridized carbons (Fsp3) is 0.250. The Morgan fingerprint density at radius 1 is 1.03 bits per heavy atom. The Hall–Kier alpha value is -4.53. The van der Waals surface area contributed by atoms with Gasteiger partial charge < -0.3 is 9.64 Å². The molecule has 186 valence electrons. The van der Waals surface area contributed by atoms with E-state index in [9.17, 15) is 24.5 Å². The lowest BCUT2D eigenvalue weighted by molar-refractivity contribution is -0.384. The van der Waals surface area contributed by atoms with Crippen molar-refractivity contribution in [2.45, 2.75) is 25.9 Å². The molecule has 4 atom stereocenters. The van der Waals surface area contributed by atoms with Gasteiger partial charge in [-0.1, -0.05) is 48.6 Å². The average molecular weight is 498 g/mol. The third-order valence-corrected chi connectivity index (χ3v) is 7.59. The molecule has 2 fully saturated rings. The molecule has 3 aliphatic rings. The number of esters is 1. The lowest BCUT2D eigenvalue weighted by Crippen LogP contribution is -2.49. The summed E-state index contributed by atoms with van der Waals surface area (Å²) in [6.45, 7) is 3.51. The highest BCUT2D eigenvalue weighted by Gasteiger charge is 2.65. The Balaban J connectivity index is 1.50. The number of ether oxygens (including phenoxy) is 1. The zero-order valence-corrected chi connectivity index (χ0v) is 20.2. The Labute approximate surface area is 212 Å². The van der Waals surface area contributed by atoms with Crippen molar-refractivity contribution in [1.82, 2.24) is 0 Å². The van der Waals surface area contributed by atoms with Crippen molar-refractivity contribution in [3.8, 4) is 0 Å². The molecule has 0 radical (unpaired) electrons. The molecule has 9 nitrogen and oxygen atoms in total. The maximum Gasteiger partial charge on any atom is 0.329 e. The van der Waals surface area contributed by atoms with Crippen LogP contribution >= 0.6 is 0 Å². The van der Waals surface area contributed by atoms with Gasteiger partial charge in [-0.05, 0) is 36.2 Å². The highest BCUT2D eigenvalue weighted by molar-refractivity contribution is 6.25. The van der Waals surface area contributed by atoms with E-state index in [1.807, 2.05) is 53.5 Å². The number of carbonyl (C=O) groups is 3. The maximum atomic E-state index is 13.9. The standard InChI is InChI=1S/C28H23N3O6/c1-3-37-28(34)25-24-23(26(32)30(27(24)33)22-14-17(31(35)36)10-8-15(22)2)21-13-11-19-18-7-5-4-6-16(18)9-12-20(19)29(21)25/h4-14,21,23-25H,3H2,1-2H3. The van der Waals surface area contributed by atoms with Crippen LogP contribution in [0.1, 0.15) is 18.1 Å². The van der Waals surface area contributed by atoms with Crippen LogP contribution in [0.15, 0.2) is 60.7 Å². The van der Waals surface area contributed by atoms with Crippen LogP contribution in [-0.2, 0) is 19.1 Å². The third kappa shape index (κ3) is 3.20. The van der Waals surface area contributed by atoms with Gasteiger partial charge in [-0.2, -0.15) is 0 Å². The van der Waals surface area contributed by atoms with Crippen molar-refractivity contribution in [3.05, 3.63) is 81.9 Å². The molecule has 6 rings (SSSR count). The highest BCUT2D eigenvalue weighted by atomic mass is 16.6. The summed E-state index contributed by atoms with van der Waals surface area (Å²) in [5.41, 5.74) is 2.17. The molecule has 0 bridgehead atoms. The number of rotatable bonds is 4. The topological polar surface area (TPSA) is 110 Å². The lowest BCUT2D eigenvalue weighted by atomic mass is 9.88. The fourth-order valence-electron chi connectivity index (χ4n) is 6.01. The Morgan fingerprint density at radius 3 is 2.54 bits per heavy atom. The van der Waals surface area contributed by atoms with Crippen LogP contribution in [0.5, 0.6) is 0 Å². The fourth-order valence-corrected chi connectivity index (χ4v) is 6.01. The molecule has 3 aromatic carbocycles. The summed E-state index contributed by atoms with van der Waals surface area (Å²) in [4.78, 5) is 54.8. The van der Waals surface area contributed by atoms with Crippen molar-refractivity contribution in [1.29, 1.82) is 0 Å². The van der Waals surface area contributed by atoms with E-state index in [-0.39, 0.29) is 18.0 Å². The highest BCUT2D eigenvalue weighted by Crippen LogP contribution is 2.50. The van der Waals surface area contributed by atoms with Crippen molar-refractivity contribution >= 4 is 51.7 Å². The van der Waals surface area contributed by atoms with Crippen LogP contribution in [0.4, 0.5) is 17.1 Å². The van der Waals surface area contributed by atoms with E-state index in [2.05, 4.69) is 0 Å². The average Bonchev–Trinajstić information content (AvgIpc) is 3.37. The molecule has 9 heteroatoms. The first-order valence-electron chi connectivity index (χ1n) is 12.1. The third-order valence-electron chi connectivity index (χ3n) is 7.59. The molecule has 0 aliphatic carbocycles. The summed E-state index contributed by atoms with van der Waals surface area (Å²) < 4.78 is 5.41. The van der Waals surface area contributed by atoms with Gasteiger partial charge >= 0.3 is 5.97 Å². The summed E-state index contributed by atoms with van der Waals surface area (Å²) in [6, 6.07) is 14.3. The van der Waals surface area contributed by atoms with Crippen molar-refractivity contribution in [3.63, 3.8) is 0 Å². The zero-order valence-electron chi connectivity index (χ0n) is 20.2. The minimum Gasteiger partial charge on any atom is -0.464 e. The molecule has 37 heavy (non-hydrogen) atoms. The van der Waals surface area contributed by atoms with Gasteiger partial charge in [0.25, 0.3) is 5.69 Å². The monoisotopic (exact) mass is 497 g/mol.